The van der Waals surface area contributed by atoms with E-state index >= 15 is 0 Å². The Morgan fingerprint density at radius 1 is 1.10 bits per heavy atom. The minimum absolute atomic E-state index is 0.230. The lowest BCUT2D eigenvalue weighted by Gasteiger charge is -2.14. The van der Waals surface area contributed by atoms with Crippen LogP contribution in [0.4, 0.5) is 10.2 Å². The molecule has 2 aromatic rings. The first-order valence-corrected chi connectivity index (χ1v) is 6.88. The summed E-state index contributed by atoms with van der Waals surface area (Å²) in [6, 6.07) is 4.75. The molecule has 0 bridgehead atoms. The second kappa shape index (κ2) is 5.99. The maximum absolute atomic E-state index is 13.3. The number of aromatic nitrogens is 2. The lowest BCUT2D eigenvalue weighted by Crippen LogP contribution is -2.08. The summed E-state index contributed by atoms with van der Waals surface area (Å²) < 4.78 is 13.3. The highest BCUT2D eigenvalue weighted by atomic mass is 19.1. The fourth-order valence-electron chi connectivity index (χ4n) is 2.05. The van der Waals surface area contributed by atoms with Gasteiger partial charge in [-0.05, 0) is 51.0 Å². The maximum atomic E-state index is 13.3. The van der Waals surface area contributed by atoms with Gasteiger partial charge in [-0.1, -0.05) is 6.92 Å². The van der Waals surface area contributed by atoms with Gasteiger partial charge in [0.05, 0.1) is 11.4 Å². The Kier molecular flexibility index (Phi) is 4.32. The molecule has 0 saturated carbocycles. The van der Waals surface area contributed by atoms with Crippen molar-refractivity contribution in [3.8, 4) is 11.3 Å². The fourth-order valence-corrected chi connectivity index (χ4v) is 2.05. The average molecular weight is 273 g/mol. The summed E-state index contributed by atoms with van der Waals surface area (Å²) in [5, 5.41) is 3.30. The van der Waals surface area contributed by atoms with Crippen molar-refractivity contribution < 1.29 is 4.39 Å². The number of nitrogens with zero attached hydrogens (tertiary/aromatic N) is 2. The van der Waals surface area contributed by atoms with Crippen LogP contribution in [0.25, 0.3) is 11.3 Å². The normalized spacial score (nSPS) is 10.7. The van der Waals surface area contributed by atoms with Crippen molar-refractivity contribution in [2.75, 3.05) is 11.9 Å². The summed E-state index contributed by atoms with van der Waals surface area (Å²) >= 11 is 0. The molecule has 1 N–H and O–H groups in total. The summed E-state index contributed by atoms with van der Waals surface area (Å²) in [6.45, 7) is 8.71. The minimum atomic E-state index is -0.230. The smallest absolute Gasteiger partial charge is 0.152 e. The average Bonchev–Trinajstić information content (AvgIpc) is 2.40. The third kappa shape index (κ3) is 2.95. The molecule has 2 rings (SSSR count). The van der Waals surface area contributed by atoms with E-state index in [1.54, 1.807) is 6.07 Å². The number of rotatable bonds is 4. The molecule has 0 amide bonds. The van der Waals surface area contributed by atoms with E-state index in [1.807, 2.05) is 20.8 Å². The first-order chi connectivity index (χ1) is 9.52. The lowest BCUT2D eigenvalue weighted by atomic mass is 10.0. The van der Waals surface area contributed by atoms with Crippen LogP contribution in [-0.4, -0.2) is 16.5 Å². The molecule has 0 fully saturated rings. The molecule has 106 valence electrons. The van der Waals surface area contributed by atoms with E-state index in [2.05, 4.69) is 22.2 Å². The molecule has 1 heterocycles. The molecular formula is C16H20FN3. The van der Waals surface area contributed by atoms with Crippen LogP contribution in [0.3, 0.4) is 0 Å². The van der Waals surface area contributed by atoms with Gasteiger partial charge in [-0.2, -0.15) is 0 Å². The van der Waals surface area contributed by atoms with Crippen LogP contribution >= 0.6 is 0 Å². The van der Waals surface area contributed by atoms with E-state index in [1.165, 1.54) is 12.1 Å². The molecule has 0 radical (unpaired) electrons. The Balaban J connectivity index is 2.55. The van der Waals surface area contributed by atoms with Crippen LogP contribution in [0, 0.1) is 26.6 Å². The van der Waals surface area contributed by atoms with Crippen LogP contribution in [0.1, 0.15) is 30.3 Å². The number of hydrogen-bond donors (Lipinski definition) is 1. The van der Waals surface area contributed by atoms with Crippen LogP contribution < -0.4 is 5.32 Å². The molecule has 4 heteroatoms. The summed E-state index contributed by atoms with van der Waals surface area (Å²) in [5.74, 6) is 0.538. The van der Waals surface area contributed by atoms with Crippen LogP contribution in [0.2, 0.25) is 0 Å². The largest absolute Gasteiger partial charge is 0.368 e. The van der Waals surface area contributed by atoms with E-state index in [4.69, 9.17) is 0 Å². The minimum Gasteiger partial charge on any atom is -0.368 e. The molecule has 1 aromatic heterocycles. The zero-order chi connectivity index (χ0) is 14.7. The van der Waals surface area contributed by atoms with Gasteiger partial charge in [0, 0.05) is 12.1 Å². The molecule has 1 aromatic carbocycles. The highest BCUT2D eigenvalue weighted by Crippen LogP contribution is 2.28. The van der Waals surface area contributed by atoms with E-state index in [0.29, 0.717) is 0 Å². The highest BCUT2D eigenvalue weighted by Gasteiger charge is 2.13. The second-order valence-electron chi connectivity index (χ2n) is 4.98. The molecule has 3 nitrogen and oxygen atoms in total. The zero-order valence-corrected chi connectivity index (χ0v) is 12.4. The van der Waals surface area contributed by atoms with Gasteiger partial charge in [-0.25, -0.2) is 14.4 Å². The van der Waals surface area contributed by atoms with E-state index in [0.717, 1.165) is 47.0 Å². The highest BCUT2D eigenvalue weighted by molar-refractivity contribution is 5.74. The molecule has 0 spiro atoms. The monoisotopic (exact) mass is 273 g/mol. The van der Waals surface area contributed by atoms with Gasteiger partial charge < -0.3 is 5.32 Å². The first-order valence-electron chi connectivity index (χ1n) is 6.88. The van der Waals surface area contributed by atoms with Gasteiger partial charge >= 0.3 is 0 Å². The fraction of sp³-hybridized carbons (Fsp3) is 0.375. The van der Waals surface area contributed by atoms with Crippen molar-refractivity contribution in [3.05, 3.63) is 41.0 Å². The van der Waals surface area contributed by atoms with Gasteiger partial charge in [-0.3, -0.25) is 0 Å². The Hall–Kier alpha value is -1.97. The van der Waals surface area contributed by atoms with Gasteiger partial charge in [0.15, 0.2) is 5.82 Å². The number of anilines is 1. The van der Waals surface area contributed by atoms with Gasteiger partial charge in [0.2, 0.25) is 0 Å². The summed E-state index contributed by atoms with van der Waals surface area (Å²) in [7, 11) is 0. The Morgan fingerprint density at radius 2 is 1.80 bits per heavy atom. The van der Waals surface area contributed by atoms with Crippen molar-refractivity contribution in [2.45, 2.75) is 34.1 Å². The Labute approximate surface area is 119 Å². The molecule has 0 aliphatic rings. The van der Waals surface area contributed by atoms with Crippen molar-refractivity contribution in [2.24, 2.45) is 0 Å². The number of hydrogen-bond acceptors (Lipinski definition) is 3. The summed E-state index contributed by atoms with van der Waals surface area (Å²) in [6.07, 6.45) is 1.01. The molecule has 0 aliphatic heterocycles. The van der Waals surface area contributed by atoms with E-state index in [9.17, 15) is 4.39 Å². The van der Waals surface area contributed by atoms with Crippen molar-refractivity contribution >= 4 is 5.82 Å². The Morgan fingerprint density at radius 3 is 2.45 bits per heavy atom. The van der Waals surface area contributed by atoms with Crippen LogP contribution in [0.15, 0.2) is 18.2 Å². The third-order valence-electron chi connectivity index (χ3n) is 3.29. The number of aryl methyl sites for hydroxylation is 3. The molecule has 20 heavy (non-hydrogen) atoms. The second-order valence-corrected chi connectivity index (χ2v) is 4.98. The third-order valence-corrected chi connectivity index (χ3v) is 3.29. The summed E-state index contributed by atoms with van der Waals surface area (Å²) in [5.41, 5.74) is 4.37. The lowest BCUT2D eigenvalue weighted by molar-refractivity contribution is 0.627. The predicted molar refractivity (Wildman–Crippen MR) is 80.4 cm³/mol. The van der Waals surface area contributed by atoms with Crippen molar-refractivity contribution in [1.82, 2.24) is 9.97 Å². The maximum Gasteiger partial charge on any atom is 0.152 e. The van der Waals surface area contributed by atoms with Gasteiger partial charge in [-0.15, -0.1) is 0 Å². The number of benzene rings is 1. The molecule has 0 aliphatic carbocycles. The standard InChI is InChI=1S/C16H20FN3/c1-5-8-18-16-15(19-11(3)12(4)20-16)14-7-6-13(17)9-10(14)2/h6-7,9H,5,8H2,1-4H3,(H,18,20). The molecule has 0 unspecified atom stereocenters. The van der Waals surface area contributed by atoms with E-state index < -0.39 is 0 Å². The van der Waals surface area contributed by atoms with Crippen LogP contribution in [0.5, 0.6) is 0 Å². The predicted octanol–water partition coefficient (Wildman–Crippen LogP) is 4.03. The Bertz CT molecular complexity index is 623. The molecule has 0 atom stereocenters. The van der Waals surface area contributed by atoms with Crippen LogP contribution in [-0.2, 0) is 0 Å². The number of halogens is 1. The van der Waals surface area contributed by atoms with Crippen molar-refractivity contribution in [1.29, 1.82) is 0 Å². The van der Waals surface area contributed by atoms with Gasteiger partial charge in [0.25, 0.3) is 0 Å². The van der Waals surface area contributed by atoms with Gasteiger partial charge in [0.1, 0.15) is 11.5 Å². The first kappa shape index (κ1) is 14.4. The van der Waals surface area contributed by atoms with Crippen molar-refractivity contribution in [3.63, 3.8) is 0 Å². The zero-order valence-electron chi connectivity index (χ0n) is 12.4. The van der Waals surface area contributed by atoms with E-state index in [-0.39, 0.29) is 5.82 Å². The molecule has 0 saturated heterocycles. The topological polar surface area (TPSA) is 37.8 Å². The SMILES string of the molecule is CCCNc1nc(C)c(C)nc1-c1ccc(F)cc1C. The summed E-state index contributed by atoms with van der Waals surface area (Å²) in [4.78, 5) is 9.22. The quantitative estimate of drug-likeness (QED) is 0.914. The molecular weight excluding hydrogens is 253 g/mol. The number of nitrogens with one attached hydrogen (secondary N) is 1.